The van der Waals surface area contributed by atoms with Crippen molar-refractivity contribution in [1.82, 2.24) is 10.6 Å². The smallest absolute Gasteiger partial charge is 0.00581 e. The van der Waals surface area contributed by atoms with Gasteiger partial charge in [-0.05, 0) is 62.6 Å². The second kappa shape index (κ2) is 17.3. The molecule has 0 amide bonds. The van der Waals surface area contributed by atoms with Crippen LogP contribution < -0.4 is 10.6 Å². The van der Waals surface area contributed by atoms with Crippen LogP contribution in [0.4, 0.5) is 0 Å². The molecular weight excluding hydrogens is 316 g/mol. The van der Waals surface area contributed by atoms with Crippen LogP contribution in [0.25, 0.3) is 0 Å². The highest BCUT2D eigenvalue weighted by molar-refractivity contribution is 8.03. The lowest BCUT2D eigenvalue weighted by Gasteiger charge is -1.91. The van der Waals surface area contributed by atoms with E-state index in [1.807, 2.05) is 0 Å². The van der Waals surface area contributed by atoms with Gasteiger partial charge in [-0.1, -0.05) is 12.8 Å². The minimum absolute atomic E-state index is 1.21. The van der Waals surface area contributed by atoms with Crippen molar-refractivity contribution in [2.45, 2.75) is 38.5 Å². The summed E-state index contributed by atoms with van der Waals surface area (Å²) >= 11 is 6.24. The van der Waals surface area contributed by atoms with Gasteiger partial charge in [0.1, 0.15) is 0 Å². The molecule has 0 atom stereocenters. The van der Waals surface area contributed by atoms with Crippen LogP contribution in [-0.2, 0) is 0 Å². The summed E-state index contributed by atoms with van der Waals surface area (Å²) in [6.07, 6.45) is 8.43. The van der Waals surface area contributed by atoms with Crippen LogP contribution in [0.1, 0.15) is 38.5 Å². The Kier molecular flexibility index (Phi) is 16.5. The molecule has 2 nitrogen and oxygen atoms in total. The number of nitrogens with one attached hydrogen (secondary N) is 2. The lowest BCUT2D eigenvalue weighted by Crippen LogP contribution is -2.15. The number of hydrogen-bond donors (Lipinski definition) is 2. The lowest BCUT2D eigenvalue weighted by molar-refractivity contribution is 0.702. The first-order valence-corrected chi connectivity index (χ1v) is 12.1. The predicted octanol–water partition coefficient (Wildman–Crippen LogP) is 3.72. The number of rotatable bonds is 0. The zero-order valence-electron chi connectivity index (χ0n) is 13.5. The molecular formula is C16H34N2S3. The molecule has 2 N–H and O–H groups in total. The highest BCUT2D eigenvalue weighted by atomic mass is 32.2. The quantitative estimate of drug-likeness (QED) is 0.693. The van der Waals surface area contributed by atoms with Gasteiger partial charge in [0.05, 0.1) is 0 Å². The number of thioether (sulfide) groups is 3. The van der Waals surface area contributed by atoms with Crippen LogP contribution in [-0.4, -0.2) is 60.7 Å². The van der Waals surface area contributed by atoms with Gasteiger partial charge in [-0.25, -0.2) is 0 Å². The highest BCUT2D eigenvalue weighted by Gasteiger charge is 1.96. The Bertz CT molecular complexity index is 114. The summed E-state index contributed by atoms with van der Waals surface area (Å²) in [5, 5.41) is 6.67. The summed E-state index contributed by atoms with van der Waals surface area (Å²) in [6, 6.07) is 0. The van der Waals surface area contributed by atoms with Crippen LogP contribution in [0.15, 0.2) is 0 Å². The Hall–Kier alpha value is 0.970. The van der Waals surface area contributed by atoms with Gasteiger partial charge < -0.3 is 10.6 Å². The summed E-state index contributed by atoms with van der Waals surface area (Å²) in [4.78, 5) is 0. The molecule has 3 fully saturated rings. The van der Waals surface area contributed by atoms with Crippen LogP contribution in [0.5, 0.6) is 0 Å². The van der Waals surface area contributed by atoms with Gasteiger partial charge in [0.2, 0.25) is 0 Å². The zero-order chi connectivity index (χ0) is 14.8. The molecule has 0 bridgehead atoms. The number of hydrogen-bond acceptors (Lipinski definition) is 5. The van der Waals surface area contributed by atoms with E-state index in [0.29, 0.717) is 0 Å². The SMILES string of the molecule is C1CCCNCC1.C1CNCCSC1.C1CSCCSC1. The van der Waals surface area contributed by atoms with E-state index in [1.54, 1.807) is 0 Å². The zero-order valence-corrected chi connectivity index (χ0v) is 16.0. The first-order chi connectivity index (χ1) is 10.5. The Morgan fingerprint density at radius 1 is 0.381 bits per heavy atom. The topological polar surface area (TPSA) is 24.1 Å². The van der Waals surface area contributed by atoms with E-state index in [9.17, 15) is 0 Å². The first kappa shape index (κ1) is 20.0. The molecule has 0 saturated carbocycles. The summed E-state index contributed by atoms with van der Waals surface area (Å²) in [5.41, 5.74) is 0. The maximum atomic E-state index is 3.35. The molecule has 0 spiro atoms. The fraction of sp³-hybridized carbons (Fsp3) is 1.00. The van der Waals surface area contributed by atoms with E-state index in [0.717, 1.165) is 0 Å². The second-order valence-electron chi connectivity index (χ2n) is 5.46. The van der Waals surface area contributed by atoms with E-state index in [2.05, 4.69) is 45.9 Å². The van der Waals surface area contributed by atoms with Gasteiger partial charge >= 0.3 is 0 Å². The third-order valence-corrected chi connectivity index (χ3v) is 6.94. The monoisotopic (exact) mass is 350 g/mol. The fourth-order valence-corrected chi connectivity index (χ4v) is 5.31. The van der Waals surface area contributed by atoms with Crippen LogP contribution in [0, 0.1) is 0 Å². The van der Waals surface area contributed by atoms with Crippen LogP contribution in [0.3, 0.4) is 0 Å². The molecule has 3 rings (SSSR count). The van der Waals surface area contributed by atoms with Crippen LogP contribution in [0.2, 0.25) is 0 Å². The van der Waals surface area contributed by atoms with Crippen LogP contribution >= 0.6 is 35.3 Å². The molecule has 3 saturated heterocycles. The molecule has 5 heteroatoms. The predicted molar refractivity (Wildman–Crippen MR) is 105 cm³/mol. The van der Waals surface area contributed by atoms with Crippen molar-refractivity contribution in [2.24, 2.45) is 0 Å². The highest BCUT2D eigenvalue weighted by Crippen LogP contribution is 2.14. The average molecular weight is 351 g/mol. The maximum Gasteiger partial charge on any atom is 0.00581 e. The second-order valence-corrected chi connectivity index (χ2v) is 9.13. The summed E-state index contributed by atoms with van der Waals surface area (Å²) in [6.45, 7) is 4.94. The van der Waals surface area contributed by atoms with Crippen molar-refractivity contribution >= 4 is 35.3 Å². The van der Waals surface area contributed by atoms with Crippen molar-refractivity contribution in [3.8, 4) is 0 Å². The third kappa shape index (κ3) is 15.6. The molecule has 21 heavy (non-hydrogen) atoms. The van der Waals surface area contributed by atoms with Crippen molar-refractivity contribution in [3.63, 3.8) is 0 Å². The van der Waals surface area contributed by atoms with Gasteiger partial charge in [0.25, 0.3) is 0 Å². The molecule has 3 heterocycles. The van der Waals surface area contributed by atoms with Gasteiger partial charge in [-0.15, -0.1) is 0 Å². The summed E-state index contributed by atoms with van der Waals surface area (Å²) in [7, 11) is 0. The third-order valence-electron chi connectivity index (χ3n) is 3.47. The van der Waals surface area contributed by atoms with E-state index < -0.39 is 0 Å². The lowest BCUT2D eigenvalue weighted by atomic mass is 10.2. The molecule has 0 aromatic heterocycles. The molecule has 0 radical (unpaired) electrons. The molecule has 0 unspecified atom stereocenters. The minimum Gasteiger partial charge on any atom is -0.317 e. The van der Waals surface area contributed by atoms with Gasteiger partial charge in [0.15, 0.2) is 0 Å². The summed E-state index contributed by atoms with van der Waals surface area (Å²) in [5.74, 6) is 8.21. The first-order valence-electron chi connectivity index (χ1n) is 8.65. The van der Waals surface area contributed by atoms with E-state index >= 15 is 0 Å². The molecule has 3 aliphatic rings. The Labute approximate surface area is 145 Å². The normalized spacial score (nSPS) is 24.0. The van der Waals surface area contributed by atoms with Crippen molar-refractivity contribution < 1.29 is 0 Å². The van der Waals surface area contributed by atoms with Crippen molar-refractivity contribution in [1.29, 1.82) is 0 Å². The average Bonchev–Trinajstić information content (AvgIpc) is 3.09. The van der Waals surface area contributed by atoms with E-state index in [-0.39, 0.29) is 0 Å². The molecule has 0 aromatic rings. The van der Waals surface area contributed by atoms with Crippen molar-refractivity contribution in [2.75, 3.05) is 60.7 Å². The molecule has 126 valence electrons. The fourth-order valence-electron chi connectivity index (χ4n) is 2.23. The van der Waals surface area contributed by atoms with E-state index in [1.165, 1.54) is 99.2 Å². The molecule has 0 aromatic carbocycles. The van der Waals surface area contributed by atoms with Gasteiger partial charge in [-0.2, -0.15) is 35.3 Å². The van der Waals surface area contributed by atoms with Gasteiger partial charge in [-0.3, -0.25) is 0 Å². The Morgan fingerprint density at radius 3 is 1.62 bits per heavy atom. The Morgan fingerprint density at radius 2 is 0.905 bits per heavy atom. The molecule has 3 aliphatic heterocycles. The standard InChI is InChI=1S/C6H13N.C5H11NS.C5H10S2/c1-2-4-6-7-5-3-1;1-2-6-3-5-7-4-1;1-2-6-4-5-7-3-1/h7H,1-6H2;6H,1-5H2;1-5H2. The Balaban J connectivity index is 0.000000157. The van der Waals surface area contributed by atoms with E-state index in [4.69, 9.17) is 0 Å². The molecule has 0 aliphatic carbocycles. The minimum atomic E-state index is 1.21. The van der Waals surface area contributed by atoms with Crippen molar-refractivity contribution in [3.05, 3.63) is 0 Å². The van der Waals surface area contributed by atoms with Gasteiger partial charge in [0, 0.05) is 23.8 Å². The summed E-state index contributed by atoms with van der Waals surface area (Å²) < 4.78 is 0. The largest absolute Gasteiger partial charge is 0.317 e. The maximum absolute atomic E-state index is 3.35.